The van der Waals surface area contributed by atoms with Crippen molar-refractivity contribution in [2.75, 3.05) is 32.3 Å². The highest BCUT2D eigenvalue weighted by atomic mass is 32.1. The van der Waals surface area contributed by atoms with Gasteiger partial charge in [0, 0.05) is 23.7 Å². The van der Waals surface area contributed by atoms with E-state index in [4.69, 9.17) is 14.2 Å². The zero-order valence-electron chi connectivity index (χ0n) is 21.7. The number of fused-ring (bicyclic) bond motifs is 2. The van der Waals surface area contributed by atoms with Gasteiger partial charge < -0.3 is 19.1 Å². The van der Waals surface area contributed by atoms with Gasteiger partial charge in [-0.1, -0.05) is 29.5 Å². The molecule has 9 nitrogen and oxygen atoms in total. The number of thiazole rings is 1. The lowest BCUT2D eigenvalue weighted by atomic mass is 9.95. The first kappa shape index (κ1) is 25.5. The highest BCUT2D eigenvalue weighted by Crippen LogP contribution is 2.38. The molecule has 0 radical (unpaired) electrons. The number of methoxy groups -OCH3 is 2. The van der Waals surface area contributed by atoms with E-state index in [1.807, 2.05) is 31.2 Å². The molecule has 2 aliphatic rings. The number of rotatable bonds is 6. The van der Waals surface area contributed by atoms with E-state index >= 15 is 0 Å². The van der Waals surface area contributed by atoms with E-state index in [2.05, 4.69) is 4.99 Å². The lowest BCUT2D eigenvalue weighted by Crippen LogP contribution is -2.41. The molecule has 1 amide bonds. The van der Waals surface area contributed by atoms with Crippen LogP contribution in [0.25, 0.3) is 5.57 Å². The SMILES string of the molecule is CCOC(=O)C1=C(C)N=c2s/c(=C3/C(=O)N(CC)c4ccccc43)c(=O)n2[C@H]1c1ccc(OC)cc1OC. The molecule has 0 saturated heterocycles. The van der Waals surface area contributed by atoms with Crippen molar-refractivity contribution in [2.45, 2.75) is 26.8 Å². The van der Waals surface area contributed by atoms with E-state index < -0.39 is 17.6 Å². The highest BCUT2D eigenvalue weighted by molar-refractivity contribution is 7.07. The third-order valence-electron chi connectivity index (χ3n) is 6.69. The molecule has 3 aromatic rings. The molecule has 0 spiro atoms. The topological polar surface area (TPSA) is 99.4 Å². The summed E-state index contributed by atoms with van der Waals surface area (Å²) < 4.78 is 18.1. The molecule has 0 unspecified atom stereocenters. The third kappa shape index (κ3) is 3.83. The molecule has 3 heterocycles. The molecule has 0 saturated carbocycles. The van der Waals surface area contributed by atoms with E-state index in [0.717, 1.165) is 17.0 Å². The summed E-state index contributed by atoms with van der Waals surface area (Å²) in [5.74, 6) is 0.183. The molecule has 2 aromatic carbocycles. The standard InChI is InChI=1S/C28H27N3O6S/c1-6-30-19-11-9-8-10-17(19)22(25(30)32)24-26(33)31-23(18-13-12-16(35-4)14-20(18)36-5)21(27(34)37-7-2)15(3)29-28(31)38-24/h8-14,23H,6-7H2,1-5H3/b24-22+/t23-/m0/s1. The Morgan fingerprint density at radius 1 is 1.08 bits per heavy atom. The van der Waals surface area contributed by atoms with Gasteiger partial charge in [0.2, 0.25) is 0 Å². The number of hydrogen-bond acceptors (Lipinski definition) is 8. The maximum atomic E-state index is 14.2. The Kier molecular flexibility index (Phi) is 6.66. The van der Waals surface area contributed by atoms with Crippen LogP contribution < -0.4 is 29.3 Å². The molecule has 38 heavy (non-hydrogen) atoms. The lowest BCUT2D eigenvalue weighted by Gasteiger charge is -2.26. The summed E-state index contributed by atoms with van der Waals surface area (Å²) in [4.78, 5) is 47.5. The summed E-state index contributed by atoms with van der Waals surface area (Å²) in [6.45, 7) is 5.95. The summed E-state index contributed by atoms with van der Waals surface area (Å²) in [5, 5.41) is 0. The molecule has 5 rings (SSSR count). The average Bonchev–Trinajstić information content (AvgIpc) is 3.39. The van der Waals surface area contributed by atoms with Gasteiger partial charge in [0.25, 0.3) is 11.5 Å². The zero-order chi connectivity index (χ0) is 27.1. The van der Waals surface area contributed by atoms with Gasteiger partial charge in [0.15, 0.2) is 4.80 Å². The number of allylic oxidation sites excluding steroid dienone is 1. The second kappa shape index (κ2) is 9.94. The molecule has 0 fully saturated rings. The molecule has 2 aliphatic heterocycles. The minimum Gasteiger partial charge on any atom is -0.497 e. The van der Waals surface area contributed by atoms with Crippen LogP contribution in [0, 0.1) is 0 Å². The van der Waals surface area contributed by atoms with Crippen LogP contribution in [0.2, 0.25) is 0 Å². The van der Waals surface area contributed by atoms with Gasteiger partial charge in [-0.3, -0.25) is 14.2 Å². The summed E-state index contributed by atoms with van der Waals surface area (Å²) in [6, 6.07) is 11.7. The first-order valence-electron chi connectivity index (χ1n) is 12.2. The van der Waals surface area contributed by atoms with Gasteiger partial charge in [0.05, 0.1) is 43.4 Å². The van der Waals surface area contributed by atoms with Crippen LogP contribution in [0.15, 0.2) is 63.5 Å². The van der Waals surface area contributed by atoms with E-state index in [9.17, 15) is 14.4 Å². The normalized spacial score (nSPS) is 17.7. The van der Waals surface area contributed by atoms with Crippen molar-refractivity contribution in [1.82, 2.24) is 4.57 Å². The van der Waals surface area contributed by atoms with Crippen molar-refractivity contribution >= 4 is 34.5 Å². The van der Waals surface area contributed by atoms with Gasteiger partial charge in [-0.2, -0.15) is 0 Å². The molecule has 0 N–H and O–H groups in total. The summed E-state index contributed by atoms with van der Waals surface area (Å²) in [6.07, 6.45) is 0. The van der Waals surface area contributed by atoms with Gasteiger partial charge in [-0.05, 0) is 39.0 Å². The molecule has 0 bridgehead atoms. The van der Waals surface area contributed by atoms with Gasteiger partial charge >= 0.3 is 5.97 Å². The Balaban J connectivity index is 1.85. The monoisotopic (exact) mass is 533 g/mol. The third-order valence-corrected chi connectivity index (χ3v) is 7.75. The molecule has 196 valence electrons. The second-order valence-corrected chi connectivity index (χ2v) is 9.65. The summed E-state index contributed by atoms with van der Waals surface area (Å²) in [7, 11) is 3.06. The average molecular weight is 534 g/mol. The van der Waals surface area contributed by atoms with Gasteiger partial charge in [-0.15, -0.1) is 0 Å². The van der Waals surface area contributed by atoms with Crippen molar-refractivity contribution in [3.63, 3.8) is 0 Å². The Bertz CT molecular complexity index is 1680. The minimum absolute atomic E-state index is 0.161. The predicted molar refractivity (Wildman–Crippen MR) is 143 cm³/mol. The van der Waals surface area contributed by atoms with Crippen molar-refractivity contribution in [3.8, 4) is 11.5 Å². The number of ether oxygens (including phenoxy) is 3. The number of aromatic nitrogens is 1. The first-order chi connectivity index (χ1) is 18.4. The van der Waals surface area contributed by atoms with Crippen LogP contribution in [0.5, 0.6) is 11.5 Å². The van der Waals surface area contributed by atoms with E-state index in [-0.39, 0.29) is 22.6 Å². The Morgan fingerprint density at radius 2 is 1.84 bits per heavy atom. The van der Waals surface area contributed by atoms with Crippen LogP contribution in [-0.2, 0) is 14.3 Å². The smallest absolute Gasteiger partial charge is 0.338 e. The van der Waals surface area contributed by atoms with Crippen LogP contribution in [0.1, 0.15) is 37.9 Å². The fourth-order valence-electron chi connectivity index (χ4n) is 4.99. The molecular formula is C28H27N3O6S. The first-order valence-corrected chi connectivity index (χ1v) is 13.0. The fourth-order valence-corrected chi connectivity index (χ4v) is 6.13. The Morgan fingerprint density at radius 3 is 2.53 bits per heavy atom. The summed E-state index contributed by atoms with van der Waals surface area (Å²) >= 11 is 1.14. The predicted octanol–water partition coefficient (Wildman–Crippen LogP) is 2.55. The number of benzene rings is 2. The number of esters is 1. The number of carbonyl (C=O) groups excluding carboxylic acids is 2. The Hall–Kier alpha value is -4.18. The Labute approximate surface area is 222 Å². The fraction of sp³-hybridized carbons (Fsp3) is 0.286. The maximum absolute atomic E-state index is 14.2. The molecule has 10 heteroatoms. The van der Waals surface area contributed by atoms with Crippen LogP contribution >= 0.6 is 11.3 Å². The maximum Gasteiger partial charge on any atom is 0.338 e. The van der Waals surface area contributed by atoms with Crippen molar-refractivity contribution < 1.29 is 23.8 Å². The molecule has 0 aliphatic carbocycles. The van der Waals surface area contributed by atoms with Crippen molar-refractivity contribution in [2.24, 2.45) is 4.99 Å². The molecule has 1 aromatic heterocycles. The van der Waals surface area contributed by atoms with Gasteiger partial charge in [0.1, 0.15) is 22.1 Å². The quantitative estimate of drug-likeness (QED) is 0.452. The van der Waals surface area contributed by atoms with E-state index in [1.165, 1.54) is 11.7 Å². The number of likely N-dealkylation sites (N-methyl/N-ethyl adjacent to an activating group) is 1. The van der Waals surface area contributed by atoms with Gasteiger partial charge in [-0.25, -0.2) is 9.79 Å². The number of hydrogen-bond donors (Lipinski definition) is 0. The zero-order valence-corrected chi connectivity index (χ0v) is 22.5. The van der Waals surface area contributed by atoms with Crippen LogP contribution in [-0.4, -0.2) is 43.8 Å². The van der Waals surface area contributed by atoms with Crippen LogP contribution in [0.3, 0.4) is 0 Å². The molecule has 1 atom stereocenters. The minimum atomic E-state index is -0.880. The van der Waals surface area contributed by atoms with E-state index in [0.29, 0.717) is 45.2 Å². The number of anilines is 1. The lowest BCUT2D eigenvalue weighted by molar-refractivity contribution is -0.139. The number of nitrogens with zero attached hydrogens (tertiary/aromatic N) is 3. The number of carbonyl (C=O) groups is 2. The highest BCUT2D eigenvalue weighted by Gasteiger charge is 2.38. The largest absolute Gasteiger partial charge is 0.497 e. The van der Waals surface area contributed by atoms with E-state index in [1.54, 1.807) is 44.1 Å². The number of amides is 1. The van der Waals surface area contributed by atoms with Crippen molar-refractivity contribution in [1.29, 1.82) is 0 Å². The summed E-state index contributed by atoms with van der Waals surface area (Å²) in [5.41, 5.74) is 2.61. The second-order valence-electron chi connectivity index (χ2n) is 8.67. The number of para-hydroxylation sites is 1. The molecular weight excluding hydrogens is 506 g/mol. The van der Waals surface area contributed by atoms with Crippen molar-refractivity contribution in [3.05, 3.63) is 84.5 Å². The van der Waals surface area contributed by atoms with Crippen LogP contribution in [0.4, 0.5) is 5.69 Å².